The molecule has 10 heteroatoms. The minimum absolute atomic E-state index is 0.0834. The Bertz CT molecular complexity index is 1060. The van der Waals surface area contributed by atoms with E-state index in [1.54, 1.807) is 59.2 Å². The Balaban J connectivity index is 2.11. The highest BCUT2D eigenvalue weighted by Crippen LogP contribution is 2.28. The van der Waals surface area contributed by atoms with Crippen LogP contribution in [0.5, 0.6) is 0 Å². The number of benzene rings is 1. The third kappa shape index (κ3) is 7.14. The van der Waals surface area contributed by atoms with Crippen molar-refractivity contribution in [3.63, 3.8) is 0 Å². The van der Waals surface area contributed by atoms with Gasteiger partial charge in [0.1, 0.15) is 17.4 Å². The van der Waals surface area contributed by atoms with E-state index in [1.807, 2.05) is 30.3 Å². The average molecular weight is 502 g/mol. The number of ether oxygens (including phenoxy) is 1. The second kappa shape index (κ2) is 11.2. The van der Waals surface area contributed by atoms with E-state index < -0.39 is 40.9 Å². The van der Waals surface area contributed by atoms with Gasteiger partial charge in [0.2, 0.25) is 5.91 Å². The molecule has 2 aromatic rings. The van der Waals surface area contributed by atoms with Crippen LogP contribution < -0.4 is 16.0 Å². The molecule has 198 valence electrons. The summed E-state index contributed by atoms with van der Waals surface area (Å²) in [6, 6.07) is 8.55. The highest BCUT2D eigenvalue weighted by atomic mass is 16.6. The summed E-state index contributed by atoms with van der Waals surface area (Å²) < 4.78 is 6.92. The van der Waals surface area contributed by atoms with Crippen LogP contribution in [0.15, 0.2) is 42.9 Å². The van der Waals surface area contributed by atoms with Crippen LogP contribution in [0.2, 0.25) is 0 Å². The van der Waals surface area contributed by atoms with Gasteiger partial charge in [0, 0.05) is 6.20 Å². The van der Waals surface area contributed by atoms with Gasteiger partial charge in [-0.25, -0.2) is 9.78 Å². The van der Waals surface area contributed by atoms with Gasteiger partial charge in [0.25, 0.3) is 0 Å². The lowest BCUT2D eigenvalue weighted by Crippen LogP contribution is -2.61. The summed E-state index contributed by atoms with van der Waals surface area (Å²) in [6.07, 6.45) is 1.53. The molecule has 1 aromatic carbocycles. The molecule has 0 aliphatic carbocycles. The number of aliphatic hydroxyl groups is 1. The molecule has 4 N–H and O–H groups in total. The number of nitrogens with one attached hydrogen (secondary N) is 3. The van der Waals surface area contributed by atoms with Crippen LogP contribution in [0, 0.1) is 0 Å². The van der Waals surface area contributed by atoms with Gasteiger partial charge in [0.05, 0.1) is 17.9 Å². The average Bonchev–Trinajstić information content (AvgIpc) is 3.24. The molecular formula is C26H39N5O5. The number of imidazole rings is 1. The smallest absolute Gasteiger partial charge is 0.408 e. The van der Waals surface area contributed by atoms with E-state index in [0.29, 0.717) is 6.42 Å². The first-order valence-electron chi connectivity index (χ1n) is 12.0. The number of carbonyl (C=O) groups excluding carboxylic acids is 3. The number of hydrogen-bond acceptors (Lipinski definition) is 7. The molecular weight excluding hydrogens is 462 g/mol. The lowest BCUT2D eigenvalue weighted by atomic mass is 9.88. The molecule has 0 saturated heterocycles. The van der Waals surface area contributed by atoms with Gasteiger partial charge in [-0.3, -0.25) is 14.9 Å². The number of amides is 2. The summed E-state index contributed by atoms with van der Waals surface area (Å²) in [4.78, 5) is 42.0. The van der Waals surface area contributed by atoms with E-state index in [0.717, 1.165) is 5.56 Å². The fourth-order valence-electron chi connectivity index (χ4n) is 3.55. The van der Waals surface area contributed by atoms with Gasteiger partial charge in [-0.15, -0.1) is 0 Å². The summed E-state index contributed by atoms with van der Waals surface area (Å²) in [7, 11) is 0. The van der Waals surface area contributed by atoms with E-state index in [1.165, 1.54) is 13.3 Å². The molecule has 0 aliphatic heterocycles. The van der Waals surface area contributed by atoms with Crippen molar-refractivity contribution in [2.75, 3.05) is 5.32 Å². The van der Waals surface area contributed by atoms with Crippen molar-refractivity contribution in [2.24, 2.45) is 0 Å². The molecule has 0 bridgehead atoms. The molecule has 0 spiro atoms. The van der Waals surface area contributed by atoms with Crippen molar-refractivity contribution in [3.8, 4) is 0 Å². The molecule has 3 atom stereocenters. The van der Waals surface area contributed by atoms with Crippen LogP contribution in [0.1, 0.15) is 67.4 Å². The molecule has 1 aromatic heterocycles. The fourth-order valence-corrected chi connectivity index (χ4v) is 3.55. The summed E-state index contributed by atoms with van der Waals surface area (Å²) in [6.45, 7) is 13.6. The predicted octanol–water partition coefficient (Wildman–Crippen LogP) is 3.16. The van der Waals surface area contributed by atoms with Crippen molar-refractivity contribution in [3.05, 3.63) is 48.4 Å². The normalized spacial score (nSPS) is 15.4. The van der Waals surface area contributed by atoms with Gasteiger partial charge in [-0.2, -0.15) is 0 Å². The maximum atomic E-state index is 13.0. The molecule has 3 unspecified atom stereocenters. The SMILES string of the molecule is CCC(NC(O)C(C)(C)NC(=O)OC(C)(C)C)C(=O)Nc1cn(C(C)(C(C)=O)c2ccccc2)cn1. The summed E-state index contributed by atoms with van der Waals surface area (Å²) in [5.41, 5.74) is -2.01. The molecule has 0 saturated carbocycles. The standard InChI is InChI=1S/C26H39N5O5/c1-9-19(28-22(34)25(6,7)30-23(35)36-24(3,4)5)21(33)29-20-15-31(16-27-20)26(8,17(2)32)18-13-11-10-12-14-18/h10-16,19,22,28,34H,9H2,1-8H3,(H,29,33)(H,30,35). The number of anilines is 1. The molecule has 10 nitrogen and oxygen atoms in total. The number of nitrogens with zero attached hydrogens (tertiary/aromatic N) is 2. The Morgan fingerprint density at radius 1 is 1.08 bits per heavy atom. The minimum atomic E-state index is -1.25. The second-order valence-electron chi connectivity index (χ2n) is 10.5. The number of hydrogen-bond donors (Lipinski definition) is 4. The molecule has 0 aliphatic rings. The number of carbonyl (C=O) groups is 3. The van der Waals surface area contributed by atoms with E-state index in [4.69, 9.17) is 4.74 Å². The van der Waals surface area contributed by atoms with Crippen molar-refractivity contribution in [2.45, 2.75) is 90.8 Å². The highest BCUT2D eigenvalue weighted by molar-refractivity contribution is 5.94. The van der Waals surface area contributed by atoms with Crippen molar-refractivity contribution in [1.29, 1.82) is 0 Å². The van der Waals surface area contributed by atoms with Gasteiger partial charge in [-0.05, 0) is 60.5 Å². The second-order valence-corrected chi connectivity index (χ2v) is 10.5. The Kier molecular flexibility index (Phi) is 9.03. The Morgan fingerprint density at radius 2 is 1.69 bits per heavy atom. The lowest BCUT2D eigenvalue weighted by Gasteiger charge is -2.34. The molecule has 0 fully saturated rings. The Labute approximate surface area is 212 Å². The molecule has 1 heterocycles. The maximum Gasteiger partial charge on any atom is 0.408 e. The molecule has 2 amide bonds. The zero-order chi connectivity index (χ0) is 27.3. The fraction of sp³-hybridized carbons (Fsp3) is 0.538. The van der Waals surface area contributed by atoms with E-state index in [9.17, 15) is 19.5 Å². The number of alkyl carbamates (subject to hydrolysis) is 1. The Morgan fingerprint density at radius 3 is 2.22 bits per heavy atom. The van der Waals surface area contributed by atoms with Crippen LogP contribution in [0.4, 0.5) is 10.6 Å². The maximum absolute atomic E-state index is 13.0. The van der Waals surface area contributed by atoms with Crippen LogP contribution >= 0.6 is 0 Å². The van der Waals surface area contributed by atoms with E-state index in [-0.39, 0.29) is 11.6 Å². The van der Waals surface area contributed by atoms with Gasteiger partial charge < -0.3 is 25.0 Å². The van der Waals surface area contributed by atoms with E-state index >= 15 is 0 Å². The summed E-state index contributed by atoms with van der Waals surface area (Å²) >= 11 is 0. The van der Waals surface area contributed by atoms with Crippen LogP contribution in [0.25, 0.3) is 0 Å². The topological polar surface area (TPSA) is 135 Å². The third-order valence-corrected chi connectivity index (χ3v) is 5.96. The zero-order valence-corrected chi connectivity index (χ0v) is 22.4. The number of aromatic nitrogens is 2. The molecule has 0 radical (unpaired) electrons. The number of ketones is 1. The number of rotatable bonds is 10. The van der Waals surface area contributed by atoms with Gasteiger partial charge in [-0.1, -0.05) is 37.3 Å². The van der Waals surface area contributed by atoms with Gasteiger partial charge in [0.15, 0.2) is 11.6 Å². The third-order valence-electron chi connectivity index (χ3n) is 5.96. The summed E-state index contributed by atoms with van der Waals surface area (Å²) in [5, 5.41) is 18.9. The van der Waals surface area contributed by atoms with Crippen LogP contribution in [-0.2, 0) is 19.9 Å². The number of aliphatic hydroxyl groups excluding tert-OH is 1. The largest absolute Gasteiger partial charge is 0.444 e. The van der Waals surface area contributed by atoms with Crippen molar-refractivity contribution < 1.29 is 24.2 Å². The predicted molar refractivity (Wildman–Crippen MR) is 137 cm³/mol. The minimum Gasteiger partial charge on any atom is -0.444 e. The Hall–Kier alpha value is -3.24. The van der Waals surface area contributed by atoms with Crippen molar-refractivity contribution in [1.82, 2.24) is 20.2 Å². The van der Waals surface area contributed by atoms with Crippen molar-refractivity contribution >= 4 is 23.6 Å². The first-order chi connectivity index (χ1) is 16.6. The summed E-state index contributed by atoms with van der Waals surface area (Å²) in [5.74, 6) is -0.233. The van der Waals surface area contributed by atoms with E-state index in [2.05, 4.69) is 20.9 Å². The number of Topliss-reactive ketones (excluding diaryl/α,β-unsaturated/α-hetero) is 1. The highest BCUT2D eigenvalue weighted by Gasteiger charge is 2.36. The zero-order valence-electron chi connectivity index (χ0n) is 22.4. The monoisotopic (exact) mass is 501 g/mol. The molecule has 36 heavy (non-hydrogen) atoms. The van der Waals surface area contributed by atoms with Crippen LogP contribution in [-0.4, -0.2) is 55.9 Å². The quantitative estimate of drug-likeness (QED) is 0.367. The van der Waals surface area contributed by atoms with Crippen LogP contribution in [0.3, 0.4) is 0 Å². The first-order valence-corrected chi connectivity index (χ1v) is 12.0. The van der Waals surface area contributed by atoms with Gasteiger partial charge >= 0.3 is 6.09 Å². The lowest BCUT2D eigenvalue weighted by molar-refractivity contribution is -0.123. The first kappa shape index (κ1) is 29.0. The molecule has 2 rings (SSSR count).